The van der Waals surface area contributed by atoms with Gasteiger partial charge < -0.3 is 19.5 Å². The highest BCUT2D eigenvalue weighted by atomic mass is 16.4. The summed E-state index contributed by atoms with van der Waals surface area (Å²) in [6.45, 7) is 6.65. The van der Waals surface area contributed by atoms with Gasteiger partial charge in [-0.25, -0.2) is 4.79 Å². The fourth-order valence-electron chi connectivity index (χ4n) is 4.07. The number of aromatic nitrogens is 1. The zero-order valence-corrected chi connectivity index (χ0v) is 18.5. The average molecular weight is 447 g/mol. The van der Waals surface area contributed by atoms with Crippen LogP contribution in [0.1, 0.15) is 32.1 Å². The number of amides is 1. The van der Waals surface area contributed by atoms with Gasteiger partial charge in [-0.3, -0.25) is 4.79 Å². The van der Waals surface area contributed by atoms with Crippen molar-refractivity contribution in [3.8, 4) is 5.69 Å². The molecule has 33 heavy (non-hydrogen) atoms. The van der Waals surface area contributed by atoms with E-state index in [0.717, 1.165) is 30.2 Å². The Bertz CT molecular complexity index is 1150. The first kappa shape index (κ1) is 23.5. The van der Waals surface area contributed by atoms with Crippen molar-refractivity contribution >= 4 is 23.7 Å². The van der Waals surface area contributed by atoms with Crippen LogP contribution in [-0.4, -0.2) is 58.8 Å². The fraction of sp³-hybridized carbons (Fsp3) is 0.240. The summed E-state index contributed by atoms with van der Waals surface area (Å²) in [6.07, 6.45) is 0.250. The normalized spacial score (nSPS) is 13.0. The Labute approximate surface area is 191 Å². The first-order valence-electron chi connectivity index (χ1n) is 10.5. The molecule has 0 unspecified atom stereocenters. The zero-order valence-electron chi connectivity index (χ0n) is 18.5. The molecule has 0 atom stereocenters. The lowest BCUT2D eigenvalue weighted by Gasteiger charge is -2.36. The lowest BCUT2D eigenvalue weighted by Crippen LogP contribution is -2.48. The van der Waals surface area contributed by atoms with E-state index in [-0.39, 0.29) is 17.6 Å². The first-order valence-corrected chi connectivity index (χ1v) is 10.5. The van der Waals surface area contributed by atoms with Crippen LogP contribution in [0.3, 0.4) is 0 Å². The lowest BCUT2D eigenvalue weighted by atomic mass is 10.1. The molecule has 2 aromatic carbocycles. The maximum Gasteiger partial charge on any atom is 0.373 e. The summed E-state index contributed by atoms with van der Waals surface area (Å²) in [5, 5.41) is 9.65. The number of benzene rings is 2. The second-order valence-electron chi connectivity index (χ2n) is 7.69. The van der Waals surface area contributed by atoms with Gasteiger partial charge in [0, 0.05) is 48.8 Å². The Morgan fingerprint density at radius 3 is 1.97 bits per heavy atom. The number of anilines is 1. The summed E-state index contributed by atoms with van der Waals surface area (Å²) in [5.41, 5.74) is 4.23. The molecule has 0 aliphatic carbocycles. The predicted octanol–water partition coefficient (Wildman–Crippen LogP) is 3.17. The minimum Gasteiger partial charge on any atom is -0.478 e. The number of carbonyl (C=O) groups is 2. The number of carboxylic acids is 1. The molecule has 170 valence electrons. The number of hydrogen-bond donors (Lipinski definition) is 1. The number of piperazine rings is 1. The van der Waals surface area contributed by atoms with Crippen molar-refractivity contribution in [3.05, 3.63) is 83.2 Å². The number of carbonyl (C=O) groups excluding carboxylic acids is 3. The molecule has 3 aromatic rings. The molecule has 1 amide bonds. The molecule has 8 heteroatoms. The molecule has 1 N–H and O–H groups in total. The molecule has 2 heterocycles. The van der Waals surface area contributed by atoms with E-state index in [9.17, 15) is 14.7 Å². The number of rotatable bonds is 4. The van der Waals surface area contributed by atoms with Crippen LogP contribution in [-0.2, 0) is 9.59 Å². The van der Waals surface area contributed by atoms with Gasteiger partial charge in [0.1, 0.15) is 0 Å². The van der Waals surface area contributed by atoms with Gasteiger partial charge in [-0.15, -0.1) is 0 Å². The number of aryl methyl sites for hydroxylation is 2. The Kier molecular flexibility index (Phi) is 7.43. The molecular formula is C25H25N3O5. The van der Waals surface area contributed by atoms with Crippen molar-refractivity contribution in [1.29, 1.82) is 0 Å². The quantitative estimate of drug-likeness (QED) is 0.660. The maximum atomic E-state index is 13.2. The van der Waals surface area contributed by atoms with Crippen molar-refractivity contribution in [3.63, 3.8) is 0 Å². The van der Waals surface area contributed by atoms with E-state index in [0.29, 0.717) is 24.3 Å². The molecule has 0 bridgehead atoms. The van der Waals surface area contributed by atoms with E-state index in [1.54, 1.807) is 12.1 Å². The van der Waals surface area contributed by atoms with Gasteiger partial charge in [-0.1, -0.05) is 18.2 Å². The Morgan fingerprint density at radius 2 is 1.42 bits per heavy atom. The van der Waals surface area contributed by atoms with Crippen LogP contribution in [0.5, 0.6) is 0 Å². The molecule has 4 rings (SSSR count). The van der Waals surface area contributed by atoms with Crippen LogP contribution in [0.4, 0.5) is 5.69 Å². The first-order chi connectivity index (χ1) is 15.9. The maximum absolute atomic E-state index is 13.2. The van der Waals surface area contributed by atoms with Crippen molar-refractivity contribution < 1.29 is 24.3 Å². The average Bonchev–Trinajstić information content (AvgIpc) is 3.17. The SMILES string of the molecule is Cc1ccc(C)n1-c1cc(C(=O)N2CCN(c3ccccc3)CC2)ccc1C(=O)O.O=C=O. The van der Waals surface area contributed by atoms with E-state index >= 15 is 0 Å². The number of carboxylic acid groups (broad SMARTS) is 1. The van der Waals surface area contributed by atoms with E-state index in [1.165, 1.54) is 6.07 Å². The molecule has 8 nitrogen and oxygen atoms in total. The highest BCUT2D eigenvalue weighted by molar-refractivity contribution is 5.98. The largest absolute Gasteiger partial charge is 0.478 e. The fourth-order valence-corrected chi connectivity index (χ4v) is 4.07. The molecule has 0 saturated carbocycles. The minimum absolute atomic E-state index is 0.0663. The Balaban J connectivity index is 0.000000968. The highest BCUT2D eigenvalue weighted by Crippen LogP contribution is 2.24. The molecular weight excluding hydrogens is 422 g/mol. The van der Waals surface area contributed by atoms with Crippen LogP contribution in [0.25, 0.3) is 5.69 Å². The summed E-state index contributed by atoms with van der Waals surface area (Å²) in [4.78, 5) is 45.3. The zero-order chi connectivity index (χ0) is 24.0. The van der Waals surface area contributed by atoms with Crippen LogP contribution in [0.15, 0.2) is 60.7 Å². The number of nitrogens with zero attached hydrogens (tertiary/aromatic N) is 3. The van der Waals surface area contributed by atoms with Gasteiger partial charge in [-0.05, 0) is 56.3 Å². The molecule has 1 aliphatic rings. The van der Waals surface area contributed by atoms with E-state index in [1.807, 2.05) is 53.6 Å². The number of aromatic carboxylic acids is 1. The number of para-hydroxylation sites is 1. The Hall–Kier alpha value is -4.16. The van der Waals surface area contributed by atoms with Crippen molar-refractivity contribution in [2.24, 2.45) is 0 Å². The van der Waals surface area contributed by atoms with Crippen LogP contribution in [0.2, 0.25) is 0 Å². The standard InChI is InChI=1S/C24H25N3O3.CO2/c1-17-8-9-18(2)27(17)22-16-19(10-11-21(22)24(29)30)23(28)26-14-12-25(13-15-26)20-6-4-3-5-7-20;2-1-3/h3-11,16H,12-15H2,1-2H3,(H,29,30);. The van der Waals surface area contributed by atoms with Gasteiger partial charge in [0.05, 0.1) is 11.3 Å². The second-order valence-corrected chi connectivity index (χ2v) is 7.69. The third-order valence-electron chi connectivity index (χ3n) is 5.68. The molecule has 0 radical (unpaired) electrons. The smallest absolute Gasteiger partial charge is 0.373 e. The van der Waals surface area contributed by atoms with Crippen LogP contribution >= 0.6 is 0 Å². The monoisotopic (exact) mass is 447 g/mol. The molecule has 1 aromatic heterocycles. The molecule has 0 spiro atoms. The molecule has 1 aliphatic heterocycles. The Morgan fingerprint density at radius 1 is 0.848 bits per heavy atom. The van der Waals surface area contributed by atoms with Gasteiger partial charge in [0.15, 0.2) is 0 Å². The third-order valence-corrected chi connectivity index (χ3v) is 5.68. The summed E-state index contributed by atoms with van der Waals surface area (Å²) >= 11 is 0. The van der Waals surface area contributed by atoms with Gasteiger partial charge in [0.25, 0.3) is 5.91 Å². The number of hydrogen-bond acceptors (Lipinski definition) is 5. The van der Waals surface area contributed by atoms with Gasteiger partial charge >= 0.3 is 12.1 Å². The topological polar surface area (TPSA) is 99.9 Å². The van der Waals surface area contributed by atoms with E-state index in [2.05, 4.69) is 17.0 Å². The van der Waals surface area contributed by atoms with Crippen LogP contribution in [0, 0.1) is 13.8 Å². The predicted molar refractivity (Wildman–Crippen MR) is 122 cm³/mol. The van der Waals surface area contributed by atoms with E-state index < -0.39 is 5.97 Å². The summed E-state index contributed by atoms with van der Waals surface area (Å²) in [7, 11) is 0. The van der Waals surface area contributed by atoms with Crippen molar-refractivity contribution in [1.82, 2.24) is 9.47 Å². The molecule has 1 saturated heterocycles. The van der Waals surface area contributed by atoms with Gasteiger partial charge in [0.2, 0.25) is 0 Å². The lowest BCUT2D eigenvalue weighted by molar-refractivity contribution is -0.191. The van der Waals surface area contributed by atoms with Crippen molar-refractivity contribution in [2.75, 3.05) is 31.1 Å². The van der Waals surface area contributed by atoms with Gasteiger partial charge in [-0.2, -0.15) is 9.59 Å². The van der Waals surface area contributed by atoms with Crippen molar-refractivity contribution in [2.45, 2.75) is 13.8 Å². The summed E-state index contributed by atoms with van der Waals surface area (Å²) in [6, 6.07) is 18.9. The summed E-state index contributed by atoms with van der Waals surface area (Å²) < 4.78 is 1.88. The molecule has 1 fully saturated rings. The highest BCUT2D eigenvalue weighted by Gasteiger charge is 2.24. The third kappa shape index (κ3) is 5.19. The second kappa shape index (κ2) is 10.4. The van der Waals surface area contributed by atoms with E-state index in [4.69, 9.17) is 9.59 Å². The summed E-state index contributed by atoms with van der Waals surface area (Å²) in [5.74, 6) is -1.07. The minimum atomic E-state index is -1.01. The van der Waals surface area contributed by atoms with Crippen LogP contribution < -0.4 is 4.90 Å².